The highest BCUT2D eigenvalue weighted by Crippen LogP contribution is 2.34. The Morgan fingerprint density at radius 2 is 2.06 bits per heavy atom. The van der Waals surface area contributed by atoms with E-state index in [1.54, 1.807) is 6.33 Å². The zero-order valence-corrected chi connectivity index (χ0v) is 18.8. The number of carboxylic acids is 1. The van der Waals surface area contributed by atoms with E-state index in [4.69, 9.17) is 4.98 Å². The summed E-state index contributed by atoms with van der Waals surface area (Å²) in [6.07, 6.45) is 4.25. The summed E-state index contributed by atoms with van der Waals surface area (Å²) in [5.74, 6) is -0.621. The van der Waals surface area contributed by atoms with Crippen LogP contribution in [-0.4, -0.2) is 47.1 Å². The molecule has 0 atom stereocenters. The number of fused-ring (bicyclic) bond motifs is 3. The van der Waals surface area contributed by atoms with E-state index in [9.17, 15) is 14.7 Å². The lowest BCUT2D eigenvalue weighted by molar-refractivity contribution is 0.0700. The fourth-order valence-electron chi connectivity index (χ4n) is 3.91. The van der Waals surface area contributed by atoms with E-state index in [1.165, 1.54) is 0 Å². The van der Waals surface area contributed by atoms with Gasteiger partial charge in [0.05, 0.1) is 17.5 Å². The van der Waals surface area contributed by atoms with E-state index < -0.39 is 5.97 Å². The maximum Gasteiger partial charge on any atom is 0.347 e. The first-order valence-electron chi connectivity index (χ1n) is 10.6. The predicted molar refractivity (Wildman–Crippen MR) is 122 cm³/mol. The number of pyridine rings is 1. The van der Waals surface area contributed by atoms with E-state index in [0.717, 1.165) is 35.1 Å². The highest BCUT2D eigenvalue weighted by molar-refractivity contribution is 7.17. The first kappa shape index (κ1) is 20.4. The Kier molecular flexibility index (Phi) is 4.85. The Morgan fingerprint density at radius 1 is 1.28 bits per heavy atom. The molecule has 3 N–H and O–H groups in total. The molecule has 10 nitrogen and oxygen atoms in total. The number of carbonyl (C=O) groups excluding carboxylic acids is 1. The van der Waals surface area contributed by atoms with Crippen LogP contribution in [0.15, 0.2) is 12.4 Å². The van der Waals surface area contributed by atoms with Gasteiger partial charge in [-0.15, -0.1) is 0 Å². The number of hydrogen-bond donors (Lipinski definition) is 3. The quantitative estimate of drug-likeness (QED) is 0.392. The van der Waals surface area contributed by atoms with Crippen molar-refractivity contribution in [2.45, 2.75) is 45.7 Å². The predicted octanol–water partition coefficient (Wildman–Crippen LogP) is 3.30. The number of nitrogens with zero attached hydrogens (tertiary/aromatic N) is 5. The van der Waals surface area contributed by atoms with Crippen molar-refractivity contribution in [1.29, 1.82) is 0 Å². The first-order valence-corrected chi connectivity index (χ1v) is 11.4. The van der Waals surface area contributed by atoms with Gasteiger partial charge in [-0.3, -0.25) is 4.79 Å². The summed E-state index contributed by atoms with van der Waals surface area (Å²) < 4.78 is 3.79. The van der Waals surface area contributed by atoms with Crippen LogP contribution in [0.25, 0.3) is 22.1 Å². The summed E-state index contributed by atoms with van der Waals surface area (Å²) in [6.45, 7) is 4.42. The van der Waals surface area contributed by atoms with Crippen molar-refractivity contribution >= 4 is 56.2 Å². The fourth-order valence-corrected chi connectivity index (χ4v) is 4.80. The summed E-state index contributed by atoms with van der Waals surface area (Å²) in [5.41, 5.74) is 3.23. The van der Waals surface area contributed by atoms with Crippen LogP contribution in [-0.2, 0) is 20.0 Å². The second-order valence-electron chi connectivity index (χ2n) is 7.85. The zero-order chi connectivity index (χ0) is 22.6. The number of amides is 1. The van der Waals surface area contributed by atoms with Crippen molar-refractivity contribution in [3.05, 3.63) is 28.7 Å². The molecule has 0 unspecified atom stereocenters. The lowest BCUT2D eigenvalue weighted by Gasteiger charge is -2.09. The fraction of sp³-hybridized carbons (Fsp3) is 0.381. The minimum absolute atomic E-state index is 0.101. The summed E-state index contributed by atoms with van der Waals surface area (Å²) in [6, 6.07) is 2.13. The lowest BCUT2D eigenvalue weighted by Crippen LogP contribution is -2.27. The van der Waals surface area contributed by atoms with Crippen LogP contribution < -0.4 is 10.6 Å². The third-order valence-electron chi connectivity index (χ3n) is 5.62. The number of thiazole rings is 1. The van der Waals surface area contributed by atoms with Gasteiger partial charge in [-0.2, -0.15) is 0 Å². The van der Waals surface area contributed by atoms with Gasteiger partial charge in [-0.05, 0) is 32.3 Å². The van der Waals surface area contributed by atoms with Crippen molar-refractivity contribution in [3.63, 3.8) is 0 Å². The van der Waals surface area contributed by atoms with Crippen molar-refractivity contribution in [2.75, 3.05) is 5.32 Å². The number of carboxylic acid groups (broad SMARTS) is 1. The third kappa shape index (κ3) is 3.29. The van der Waals surface area contributed by atoms with Gasteiger partial charge in [0, 0.05) is 25.0 Å². The van der Waals surface area contributed by atoms with Crippen LogP contribution in [0.4, 0.5) is 10.9 Å². The second-order valence-corrected chi connectivity index (χ2v) is 8.85. The van der Waals surface area contributed by atoms with Gasteiger partial charge < -0.3 is 24.9 Å². The molecule has 4 aromatic heterocycles. The van der Waals surface area contributed by atoms with Gasteiger partial charge in [-0.25, -0.2) is 19.7 Å². The minimum atomic E-state index is -0.995. The number of aromatic nitrogens is 5. The van der Waals surface area contributed by atoms with Crippen molar-refractivity contribution in [1.82, 2.24) is 29.4 Å². The standard InChI is InChI=1S/C21H23N7O3S/c1-4-12-16(20(30)31)32-21(24-12)26-17-14-15(27(3)9-22-14)11-8-13(19(29)23-10-6-7-10)28(5-2)18(11)25-17/h8-10H,4-7H2,1-3H3,(H,23,29)(H,30,31)(H,24,25,26). The second kappa shape index (κ2) is 7.59. The molecule has 1 aliphatic rings. The van der Waals surface area contributed by atoms with Crippen molar-refractivity contribution in [2.24, 2.45) is 7.05 Å². The molecule has 166 valence electrons. The molecule has 11 heteroatoms. The average Bonchev–Trinajstić information content (AvgIpc) is 3.19. The molecule has 4 heterocycles. The topological polar surface area (TPSA) is 127 Å². The summed E-state index contributed by atoms with van der Waals surface area (Å²) in [5, 5.41) is 17.0. The Hall–Kier alpha value is -3.47. The molecule has 4 aromatic rings. The number of aromatic carboxylic acids is 1. The zero-order valence-electron chi connectivity index (χ0n) is 18.0. The molecule has 1 saturated carbocycles. The van der Waals surface area contributed by atoms with E-state index in [-0.39, 0.29) is 16.8 Å². The molecule has 0 aromatic carbocycles. The largest absolute Gasteiger partial charge is 0.477 e. The Bertz CT molecular complexity index is 1380. The summed E-state index contributed by atoms with van der Waals surface area (Å²) in [7, 11) is 1.90. The molecule has 0 aliphatic heterocycles. The maximum atomic E-state index is 12.9. The number of rotatable bonds is 7. The first-order chi connectivity index (χ1) is 15.4. The minimum Gasteiger partial charge on any atom is -0.477 e. The van der Waals surface area contributed by atoms with Gasteiger partial charge in [0.25, 0.3) is 5.91 Å². The van der Waals surface area contributed by atoms with Gasteiger partial charge in [-0.1, -0.05) is 18.3 Å². The highest BCUT2D eigenvalue weighted by atomic mass is 32.1. The number of imidazole rings is 1. The molecule has 0 saturated heterocycles. The van der Waals surface area contributed by atoms with Crippen molar-refractivity contribution < 1.29 is 14.7 Å². The van der Waals surface area contributed by atoms with E-state index in [2.05, 4.69) is 20.6 Å². The molecular formula is C21H23N7O3S. The Balaban J connectivity index is 1.66. The number of aryl methyl sites for hydroxylation is 3. The Morgan fingerprint density at radius 3 is 2.69 bits per heavy atom. The number of carbonyl (C=O) groups is 2. The molecular weight excluding hydrogens is 430 g/mol. The SMILES string of the molecule is CCc1nc(Nc2nc3c(cc(C(=O)NC4CC4)n3CC)c3c2ncn3C)sc1C(=O)O. The van der Waals surface area contributed by atoms with Crippen LogP contribution in [0.2, 0.25) is 0 Å². The van der Waals surface area contributed by atoms with Gasteiger partial charge in [0.1, 0.15) is 21.7 Å². The van der Waals surface area contributed by atoms with E-state index >= 15 is 0 Å². The highest BCUT2D eigenvalue weighted by Gasteiger charge is 2.27. The average molecular weight is 454 g/mol. The normalized spacial score (nSPS) is 13.7. The number of hydrogen-bond acceptors (Lipinski definition) is 7. The lowest BCUT2D eigenvalue weighted by atomic mass is 10.2. The van der Waals surface area contributed by atoms with Crippen LogP contribution in [0.1, 0.15) is 52.5 Å². The van der Waals surface area contributed by atoms with Crippen molar-refractivity contribution in [3.8, 4) is 0 Å². The third-order valence-corrected chi connectivity index (χ3v) is 6.62. The molecule has 1 fully saturated rings. The summed E-state index contributed by atoms with van der Waals surface area (Å²) in [4.78, 5) is 38.4. The Labute approximate surface area is 187 Å². The molecule has 32 heavy (non-hydrogen) atoms. The monoisotopic (exact) mass is 453 g/mol. The number of anilines is 2. The molecule has 0 bridgehead atoms. The van der Waals surface area contributed by atoms with Crippen LogP contribution in [0.5, 0.6) is 0 Å². The number of nitrogens with one attached hydrogen (secondary N) is 2. The van der Waals surface area contributed by atoms with Gasteiger partial charge in [0.2, 0.25) is 0 Å². The summed E-state index contributed by atoms with van der Waals surface area (Å²) >= 11 is 1.07. The van der Waals surface area contributed by atoms with Crippen LogP contribution in [0.3, 0.4) is 0 Å². The van der Waals surface area contributed by atoms with Gasteiger partial charge in [0.15, 0.2) is 10.9 Å². The molecule has 0 radical (unpaired) electrons. The smallest absolute Gasteiger partial charge is 0.347 e. The van der Waals surface area contributed by atoms with E-state index in [0.29, 0.717) is 46.5 Å². The van der Waals surface area contributed by atoms with Crippen LogP contribution in [0, 0.1) is 0 Å². The molecule has 5 rings (SSSR count). The van der Waals surface area contributed by atoms with Gasteiger partial charge >= 0.3 is 5.97 Å². The van der Waals surface area contributed by atoms with Crippen LogP contribution >= 0.6 is 11.3 Å². The molecule has 1 amide bonds. The molecule has 0 spiro atoms. The van der Waals surface area contributed by atoms with E-state index in [1.807, 2.05) is 36.1 Å². The maximum absolute atomic E-state index is 12.9. The molecule has 1 aliphatic carbocycles.